The lowest BCUT2D eigenvalue weighted by Gasteiger charge is -2.17. The highest BCUT2D eigenvalue weighted by molar-refractivity contribution is 7.09. The summed E-state index contributed by atoms with van der Waals surface area (Å²) in [5.41, 5.74) is 1.09. The van der Waals surface area contributed by atoms with Crippen LogP contribution in [0, 0.1) is 5.92 Å². The largest absolute Gasteiger partial charge is 0.497 e. The van der Waals surface area contributed by atoms with Crippen LogP contribution in [-0.4, -0.2) is 28.2 Å². The molecule has 0 aliphatic rings. The lowest BCUT2D eigenvalue weighted by molar-refractivity contribution is 0.280. The molecule has 0 saturated carbocycles. The van der Waals surface area contributed by atoms with Gasteiger partial charge in [-0.2, -0.15) is 4.37 Å². The van der Waals surface area contributed by atoms with Crippen LogP contribution in [0.5, 0.6) is 5.75 Å². The molecule has 0 amide bonds. The Balaban J connectivity index is 2.08. The Morgan fingerprint density at radius 3 is 2.59 bits per heavy atom. The maximum atomic E-state index is 9.30. The lowest BCUT2D eigenvalue weighted by atomic mass is 10.0. The molecule has 1 atom stereocenters. The van der Waals surface area contributed by atoms with Crippen LogP contribution in [-0.2, 0) is 6.42 Å². The topological polar surface area (TPSA) is 67.3 Å². The molecule has 5 nitrogen and oxygen atoms in total. The number of methoxy groups -OCH3 is 1. The molecular weight excluding hydrogens is 298 g/mol. The first-order valence-corrected chi connectivity index (χ1v) is 8.23. The second kappa shape index (κ2) is 8.10. The minimum Gasteiger partial charge on any atom is -0.497 e. The molecule has 2 aromatic rings. The van der Waals surface area contributed by atoms with Crippen molar-refractivity contribution >= 4 is 16.7 Å². The Bertz CT molecular complexity index is 569. The van der Waals surface area contributed by atoms with E-state index in [9.17, 15) is 5.11 Å². The van der Waals surface area contributed by atoms with Gasteiger partial charge in [0.1, 0.15) is 11.6 Å². The molecule has 2 rings (SSSR count). The second-order valence-corrected chi connectivity index (χ2v) is 6.35. The summed E-state index contributed by atoms with van der Waals surface area (Å²) < 4.78 is 9.55. The summed E-state index contributed by atoms with van der Waals surface area (Å²) in [7, 11) is 1.65. The van der Waals surface area contributed by atoms with Crippen LogP contribution < -0.4 is 10.1 Å². The fourth-order valence-corrected chi connectivity index (χ4v) is 2.85. The normalized spacial score (nSPS) is 12.4. The third kappa shape index (κ3) is 4.68. The first-order chi connectivity index (χ1) is 10.6. The molecule has 0 fully saturated rings. The van der Waals surface area contributed by atoms with Gasteiger partial charge in [0.25, 0.3) is 0 Å². The summed E-state index contributed by atoms with van der Waals surface area (Å²) in [5.74, 6) is 2.24. The van der Waals surface area contributed by atoms with Crippen LogP contribution in [0.1, 0.15) is 37.7 Å². The van der Waals surface area contributed by atoms with Crippen molar-refractivity contribution in [3.05, 3.63) is 35.7 Å². The van der Waals surface area contributed by atoms with Gasteiger partial charge in [-0.05, 0) is 30.0 Å². The van der Waals surface area contributed by atoms with Gasteiger partial charge in [-0.15, -0.1) is 0 Å². The Hall–Kier alpha value is -1.66. The highest BCUT2D eigenvalue weighted by Crippen LogP contribution is 2.25. The number of aliphatic hydroxyl groups excluding tert-OH is 1. The van der Waals surface area contributed by atoms with E-state index in [-0.39, 0.29) is 12.6 Å². The fourth-order valence-electron chi connectivity index (χ4n) is 2.20. The monoisotopic (exact) mass is 321 g/mol. The number of benzene rings is 1. The van der Waals surface area contributed by atoms with Crippen molar-refractivity contribution in [2.75, 3.05) is 19.0 Å². The SMILES string of the molecule is COc1ccc(C(CCO)Nc2nc(CC(C)C)ns2)cc1. The van der Waals surface area contributed by atoms with Crippen LogP contribution >= 0.6 is 11.5 Å². The number of aliphatic hydroxyl groups is 1. The summed E-state index contributed by atoms with van der Waals surface area (Å²) in [5, 5.41) is 13.5. The lowest BCUT2D eigenvalue weighted by Crippen LogP contribution is -2.12. The fraction of sp³-hybridized carbons (Fsp3) is 0.500. The molecule has 120 valence electrons. The van der Waals surface area contributed by atoms with Crippen LogP contribution in [0.15, 0.2) is 24.3 Å². The minimum absolute atomic E-state index is 0.00996. The Kier molecular flexibility index (Phi) is 6.15. The number of hydrogen-bond donors (Lipinski definition) is 2. The first-order valence-electron chi connectivity index (χ1n) is 7.46. The molecule has 0 spiro atoms. The van der Waals surface area contributed by atoms with E-state index in [0.29, 0.717) is 12.3 Å². The summed E-state index contributed by atoms with van der Waals surface area (Å²) in [4.78, 5) is 4.52. The molecule has 0 bridgehead atoms. The third-order valence-corrected chi connectivity index (χ3v) is 3.98. The van der Waals surface area contributed by atoms with E-state index in [1.807, 2.05) is 24.3 Å². The van der Waals surface area contributed by atoms with Crippen LogP contribution in [0.4, 0.5) is 5.13 Å². The first kappa shape index (κ1) is 16.7. The molecule has 2 N–H and O–H groups in total. The predicted octanol–water partition coefficient (Wildman–Crippen LogP) is 3.28. The van der Waals surface area contributed by atoms with Crippen molar-refractivity contribution in [3.63, 3.8) is 0 Å². The molecule has 1 unspecified atom stereocenters. The molecule has 1 heterocycles. The molecule has 0 saturated heterocycles. The summed E-state index contributed by atoms with van der Waals surface area (Å²) >= 11 is 1.37. The smallest absolute Gasteiger partial charge is 0.203 e. The van der Waals surface area contributed by atoms with Gasteiger partial charge in [0.05, 0.1) is 13.2 Å². The highest BCUT2D eigenvalue weighted by atomic mass is 32.1. The Morgan fingerprint density at radius 2 is 2.00 bits per heavy atom. The molecule has 22 heavy (non-hydrogen) atoms. The van der Waals surface area contributed by atoms with Crippen molar-refractivity contribution in [2.45, 2.75) is 32.7 Å². The number of hydrogen-bond acceptors (Lipinski definition) is 6. The van der Waals surface area contributed by atoms with E-state index in [1.165, 1.54) is 11.5 Å². The van der Waals surface area contributed by atoms with Gasteiger partial charge in [0.15, 0.2) is 0 Å². The Morgan fingerprint density at radius 1 is 1.27 bits per heavy atom. The summed E-state index contributed by atoms with van der Waals surface area (Å²) in [6.07, 6.45) is 1.50. The van der Waals surface area contributed by atoms with E-state index < -0.39 is 0 Å². The molecule has 6 heteroatoms. The van der Waals surface area contributed by atoms with E-state index in [2.05, 4.69) is 28.5 Å². The number of nitrogens with zero attached hydrogens (tertiary/aromatic N) is 2. The predicted molar refractivity (Wildman–Crippen MR) is 89.5 cm³/mol. The maximum absolute atomic E-state index is 9.30. The highest BCUT2D eigenvalue weighted by Gasteiger charge is 2.14. The van der Waals surface area contributed by atoms with Gasteiger partial charge in [-0.25, -0.2) is 4.98 Å². The third-order valence-electron chi connectivity index (χ3n) is 3.29. The van der Waals surface area contributed by atoms with Crippen molar-refractivity contribution < 1.29 is 9.84 Å². The number of ether oxygens (including phenoxy) is 1. The number of aromatic nitrogens is 2. The maximum Gasteiger partial charge on any atom is 0.203 e. The van der Waals surface area contributed by atoms with Gasteiger partial charge >= 0.3 is 0 Å². The van der Waals surface area contributed by atoms with Crippen molar-refractivity contribution in [1.29, 1.82) is 0 Å². The van der Waals surface area contributed by atoms with Crippen molar-refractivity contribution in [1.82, 2.24) is 9.36 Å². The molecule has 1 aromatic carbocycles. The Labute approximate surface area is 135 Å². The standard InChI is InChI=1S/C16H23N3O2S/c1-11(2)10-15-18-16(22-19-15)17-14(8-9-20)12-4-6-13(21-3)7-5-12/h4-7,11,14,20H,8-10H2,1-3H3,(H,17,18,19). The second-order valence-electron chi connectivity index (χ2n) is 5.60. The molecule has 0 aliphatic carbocycles. The van der Waals surface area contributed by atoms with Gasteiger partial charge in [0, 0.05) is 24.6 Å². The van der Waals surface area contributed by atoms with Gasteiger partial charge in [-0.1, -0.05) is 26.0 Å². The minimum atomic E-state index is 0.00996. The average Bonchev–Trinajstić information content (AvgIpc) is 2.93. The molecule has 1 aromatic heterocycles. The summed E-state index contributed by atoms with van der Waals surface area (Å²) in [6, 6.07) is 7.86. The molecule has 0 aliphatic heterocycles. The number of anilines is 1. The van der Waals surface area contributed by atoms with E-state index in [0.717, 1.165) is 28.7 Å². The number of rotatable bonds is 8. The van der Waals surface area contributed by atoms with Crippen molar-refractivity contribution in [3.8, 4) is 5.75 Å². The van der Waals surface area contributed by atoms with Crippen molar-refractivity contribution in [2.24, 2.45) is 5.92 Å². The number of nitrogens with one attached hydrogen (secondary N) is 1. The zero-order valence-electron chi connectivity index (χ0n) is 13.2. The van der Waals surface area contributed by atoms with Crippen LogP contribution in [0.25, 0.3) is 0 Å². The molecular formula is C16H23N3O2S. The average molecular weight is 321 g/mol. The van der Waals surface area contributed by atoms with Crippen LogP contribution in [0.2, 0.25) is 0 Å². The van der Waals surface area contributed by atoms with Gasteiger partial charge in [0.2, 0.25) is 5.13 Å². The van der Waals surface area contributed by atoms with Gasteiger partial charge in [-0.3, -0.25) is 0 Å². The zero-order valence-corrected chi connectivity index (χ0v) is 14.1. The van der Waals surface area contributed by atoms with E-state index in [4.69, 9.17) is 4.74 Å². The summed E-state index contributed by atoms with van der Waals surface area (Å²) in [6.45, 7) is 4.42. The zero-order chi connectivity index (χ0) is 15.9. The molecule has 0 radical (unpaired) electrons. The van der Waals surface area contributed by atoms with Gasteiger partial charge < -0.3 is 15.2 Å². The van der Waals surface area contributed by atoms with Crippen LogP contribution in [0.3, 0.4) is 0 Å². The van der Waals surface area contributed by atoms with E-state index in [1.54, 1.807) is 7.11 Å². The van der Waals surface area contributed by atoms with E-state index >= 15 is 0 Å². The quantitative estimate of drug-likeness (QED) is 0.781.